The molecule has 0 bridgehead atoms. The van der Waals surface area contributed by atoms with E-state index in [1.54, 1.807) is 0 Å². The molecular formula is C10H14N2O2. The highest BCUT2D eigenvalue weighted by Crippen LogP contribution is 2.18. The molecule has 2 heterocycles. The number of aliphatic hydroxyl groups excluding tert-OH is 1. The second-order valence-corrected chi connectivity index (χ2v) is 3.54. The molecular weight excluding hydrogens is 180 g/mol. The number of hydrogen-bond donors (Lipinski definition) is 1. The van der Waals surface area contributed by atoms with Crippen molar-refractivity contribution in [2.45, 2.75) is 20.0 Å². The minimum Gasteiger partial charge on any atom is -0.432 e. The molecule has 0 saturated heterocycles. The second kappa shape index (κ2) is 3.84. The van der Waals surface area contributed by atoms with Crippen LogP contribution in [-0.4, -0.2) is 23.2 Å². The number of oxazole rings is 1. The van der Waals surface area contributed by atoms with Crippen LogP contribution in [-0.2, 0) is 6.61 Å². The van der Waals surface area contributed by atoms with Crippen LogP contribution < -0.4 is 4.90 Å². The van der Waals surface area contributed by atoms with Crippen LogP contribution in [0.15, 0.2) is 22.3 Å². The molecule has 14 heavy (non-hydrogen) atoms. The number of hydrogen-bond acceptors (Lipinski definition) is 4. The van der Waals surface area contributed by atoms with Gasteiger partial charge < -0.3 is 14.4 Å². The van der Waals surface area contributed by atoms with Gasteiger partial charge in [-0.15, -0.1) is 0 Å². The molecule has 0 amide bonds. The van der Waals surface area contributed by atoms with E-state index in [2.05, 4.69) is 22.9 Å². The molecule has 2 rings (SSSR count). The topological polar surface area (TPSA) is 49.5 Å². The average molecular weight is 194 g/mol. The minimum absolute atomic E-state index is 0.0633. The molecule has 0 atom stereocenters. The zero-order chi connectivity index (χ0) is 9.97. The quantitative estimate of drug-likeness (QED) is 0.721. The van der Waals surface area contributed by atoms with Gasteiger partial charge >= 0.3 is 0 Å². The molecule has 1 aliphatic rings. The summed E-state index contributed by atoms with van der Waals surface area (Å²) in [5, 5.41) is 8.85. The van der Waals surface area contributed by atoms with Gasteiger partial charge in [0.1, 0.15) is 12.0 Å². The smallest absolute Gasteiger partial charge is 0.297 e. The molecule has 0 fully saturated rings. The van der Waals surface area contributed by atoms with Gasteiger partial charge in [0.2, 0.25) is 0 Å². The molecule has 4 heteroatoms. The van der Waals surface area contributed by atoms with Crippen molar-refractivity contribution in [1.29, 1.82) is 0 Å². The van der Waals surface area contributed by atoms with Crippen molar-refractivity contribution in [3.63, 3.8) is 0 Å². The van der Waals surface area contributed by atoms with Gasteiger partial charge in [0.15, 0.2) is 0 Å². The van der Waals surface area contributed by atoms with Gasteiger partial charge in [-0.25, -0.2) is 0 Å². The van der Waals surface area contributed by atoms with Crippen molar-refractivity contribution in [1.82, 2.24) is 4.98 Å². The van der Waals surface area contributed by atoms with Gasteiger partial charge in [-0.2, -0.15) is 4.98 Å². The lowest BCUT2D eigenvalue weighted by molar-refractivity contribution is 0.276. The first kappa shape index (κ1) is 9.27. The van der Waals surface area contributed by atoms with Crippen molar-refractivity contribution < 1.29 is 9.52 Å². The van der Waals surface area contributed by atoms with Crippen molar-refractivity contribution in [3.05, 3.63) is 23.6 Å². The molecule has 0 saturated carbocycles. The fourth-order valence-corrected chi connectivity index (χ4v) is 1.59. The van der Waals surface area contributed by atoms with Gasteiger partial charge in [0.25, 0.3) is 6.01 Å². The van der Waals surface area contributed by atoms with Crippen molar-refractivity contribution in [2.24, 2.45) is 0 Å². The first-order valence-corrected chi connectivity index (χ1v) is 4.75. The predicted octanol–water partition coefficient (Wildman–Crippen LogP) is 1.32. The van der Waals surface area contributed by atoms with E-state index in [1.807, 2.05) is 0 Å². The summed E-state index contributed by atoms with van der Waals surface area (Å²) in [4.78, 5) is 6.25. The summed E-state index contributed by atoms with van der Waals surface area (Å²) in [5.41, 5.74) is 1.92. The lowest BCUT2D eigenvalue weighted by Crippen LogP contribution is -2.29. The number of anilines is 1. The van der Waals surface area contributed by atoms with Gasteiger partial charge in [-0.3, -0.25) is 0 Å². The van der Waals surface area contributed by atoms with Gasteiger partial charge in [-0.05, 0) is 13.3 Å². The highest BCUT2D eigenvalue weighted by molar-refractivity contribution is 5.32. The summed E-state index contributed by atoms with van der Waals surface area (Å²) in [6.07, 6.45) is 4.76. The molecule has 4 nitrogen and oxygen atoms in total. The molecule has 1 aromatic rings. The third kappa shape index (κ3) is 1.80. The van der Waals surface area contributed by atoms with E-state index in [0.717, 1.165) is 19.5 Å². The molecule has 1 aliphatic heterocycles. The highest BCUT2D eigenvalue weighted by atomic mass is 16.4. The summed E-state index contributed by atoms with van der Waals surface area (Å²) in [5.74, 6) is 0. The molecule has 0 spiro atoms. The Kier molecular flexibility index (Phi) is 2.54. The van der Waals surface area contributed by atoms with Crippen molar-refractivity contribution in [2.75, 3.05) is 18.0 Å². The number of nitrogens with zero attached hydrogens (tertiary/aromatic N) is 2. The zero-order valence-corrected chi connectivity index (χ0v) is 8.23. The van der Waals surface area contributed by atoms with E-state index in [1.165, 1.54) is 11.8 Å². The Morgan fingerprint density at radius 1 is 1.64 bits per heavy atom. The standard InChI is InChI=1S/C10H14N2O2/c1-8-3-2-4-12(5-8)10-11-9(6-13)7-14-10/h3,7,13H,2,4-6H2,1H3. The van der Waals surface area contributed by atoms with Crippen molar-refractivity contribution in [3.8, 4) is 0 Å². The Labute approximate surface area is 82.9 Å². The number of rotatable bonds is 2. The largest absolute Gasteiger partial charge is 0.432 e. The van der Waals surface area contributed by atoms with Gasteiger partial charge in [-0.1, -0.05) is 11.6 Å². The SMILES string of the molecule is CC1=CCCN(c2nc(CO)co2)C1. The van der Waals surface area contributed by atoms with Crippen LogP contribution in [0.3, 0.4) is 0 Å². The summed E-state index contributed by atoms with van der Waals surface area (Å²) >= 11 is 0. The predicted molar refractivity (Wildman–Crippen MR) is 53.0 cm³/mol. The summed E-state index contributed by atoms with van der Waals surface area (Å²) in [6, 6.07) is 0.613. The van der Waals surface area contributed by atoms with Crippen LogP contribution in [0.1, 0.15) is 19.0 Å². The Bertz CT molecular complexity index is 344. The zero-order valence-electron chi connectivity index (χ0n) is 8.23. The van der Waals surface area contributed by atoms with E-state index in [4.69, 9.17) is 9.52 Å². The van der Waals surface area contributed by atoms with Crippen LogP contribution in [0.25, 0.3) is 0 Å². The summed E-state index contributed by atoms with van der Waals surface area (Å²) in [7, 11) is 0. The van der Waals surface area contributed by atoms with E-state index in [0.29, 0.717) is 11.7 Å². The van der Waals surface area contributed by atoms with Crippen LogP contribution in [0, 0.1) is 0 Å². The lowest BCUT2D eigenvalue weighted by Gasteiger charge is -2.24. The third-order valence-corrected chi connectivity index (χ3v) is 2.30. The van der Waals surface area contributed by atoms with E-state index in [-0.39, 0.29) is 6.61 Å². The maximum atomic E-state index is 8.85. The fraction of sp³-hybridized carbons (Fsp3) is 0.500. The average Bonchev–Trinajstić information content (AvgIpc) is 2.66. The van der Waals surface area contributed by atoms with Gasteiger partial charge in [0, 0.05) is 13.1 Å². The Morgan fingerprint density at radius 3 is 3.14 bits per heavy atom. The number of aliphatic hydroxyl groups is 1. The summed E-state index contributed by atoms with van der Waals surface area (Å²) < 4.78 is 5.27. The molecule has 0 aliphatic carbocycles. The molecule has 0 aromatic carbocycles. The first-order valence-electron chi connectivity index (χ1n) is 4.75. The molecule has 76 valence electrons. The van der Waals surface area contributed by atoms with Crippen LogP contribution in [0.2, 0.25) is 0 Å². The van der Waals surface area contributed by atoms with E-state index in [9.17, 15) is 0 Å². The molecule has 0 radical (unpaired) electrons. The third-order valence-electron chi connectivity index (χ3n) is 2.30. The van der Waals surface area contributed by atoms with Crippen LogP contribution in [0.4, 0.5) is 6.01 Å². The number of aromatic nitrogens is 1. The lowest BCUT2D eigenvalue weighted by atomic mass is 10.1. The molecule has 1 aromatic heterocycles. The maximum Gasteiger partial charge on any atom is 0.297 e. The Balaban J connectivity index is 2.11. The van der Waals surface area contributed by atoms with Crippen molar-refractivity contribution >= 4 is 6.01 Å². The maximum absolute atomic E-state index is 8.85. The minimum atomic E-state index is -0.0633. The van der Waals surface area contributed by atoms with E-state index >= 15 is 0 Å². The Hall–Kier alpha value is -1.29. The normalized spacial score (nSPS) is 17.0. The monoisotopic (exact) mass is 194 g/mol. The first-order chi connectivity index (χ1) is 6.79. The van der Waals surface area contributed by atoms with Crippen LogP contribution in [0.5, 0.6) is 0 Å². The van der Waals surface area contributed by atoms with E-state index < -0.39 is 0 Å². The van der Waals surface area contributed by atoms with Crippen LogP contribution >= 0.6 is 0 Å². The molecule has 0 unspecified atom stereocenters. The summed E-state index contributed by atoms with van der Waals surface area (Å²) in [6.45, 7) is 3.84. The fourth-order valence-electron chi connectivity index (χ4n) is 1.59. The highest BCUT2D eigenvalue weighted by Gasteiger charge is 2.15. The Morgan fingerprint density at radius 2 is 2.50 bits per heavy atom. The second-order valence-electron chi connectivity index (χ2n) is 3.54. The molecule has 1 N–H and O–H groups in total. The van der Waals surface area contributed by atoms with Gasteiger partial charge in [0.05, 0.1) is 6.61 Å².